The topological polar surface area (TPSA) is 17.1 Å². The van der Waals surface area contributed by atoms with Crippen LogP contribution in [0, 0.1) is 0 Å². The lowest BCUT2D eigenvalue weighted by Crippen LogP contribution is -1.90. The van der Waals surface area contributed by atoms with E-state index in [0.717, 1.165) is 20.5 Å². The molecule has 0 aliphatic rings. The Bertz CT molecular complexity index is 488. The van der Waals surface area contributed by atoms with Crippen molar-refractivity contribution in [3.8, 4) is 11.1 Å². The third-order valence-electron chi connectivity index (χ3n) is 2.13. The maximum Gasteiger partial charge on any atom is 0.170 e. The van der Waals surface area contributed by atoms with Gasteiger partial charge in [0.25, 0.3) is 0 Å². The summed E-state index contributed by atoms with van der Waals surface area (Å²) in [6, 6.07) is 9.95. The average Bonchev–Trinajstić information content (AvgIpc) is 2.61. The minimum Gasteiger partial charge on any atom is -0.294 e. The molecule has 1 nitrogen and oxygen atoms in total. The van der Waals surface area contributed by atoms with E-state index in [1.807, 2.05) is 35.7 Å². The fourth-order valence-corrected chi connectivity index (χ4v) is 3.16. The van der Waals surface area contributed by atoms with Crippen molar-refractivity contribution >= 4 is 33.0 Å². The van der Waals surface area contributed by atoms with Crippen molar-refractivity contribution in [1.82, 2.24) is 0 Å². The van der Waals surface area contributed by atoms with Gasteiger partial charge in [0.15, 0.2) is 5.78 Å². The van der Waals surface area contributed by atoms with E-state index >= 15 is 0 Å². The van der Waals surface area contributed by atoms with Crippen LogP contribution in [-0.2, 0) is 0 Å². The van der Waals surface area contributed by atoms with Crippen molar-refractivity contribution in [2.75, 3.05) is 0 Å². The summed E-state index contributed by atoms with van der Waals surface area (Å²) in [7, 11) is 0. The van der Waals surface area contributed by atoms with Crippen LogP contribution >= 0.6 is 27.3 Å². The Balaban J connectivity index is 2.62. The van der Waals surface area contributed by atoms with Crippen molar-refractivity contribution in [2.45, 2.75) is 6.92 Å². The first kappa shape index (κ1) is 10.6. The van der Waals surface area contributed by atoms with Gasteiger partial charge in [0.2, 0.25) is 0 Å². The van der Waals surface area contributed by atoms with Crippen LogP contribution in [0.2, 0.25) is 0 Å². The van der Waals surface area contributed by atoms with Crippen LogP contribution in [0.3, 0.4) is 0 Å². The third kappa shape index (κ3) is 2.03. The predicted octanol–water partition coefficient (Wildman–Crippen LogP) is 4.38. The highest BCUT2D eigenvalue weighted by Gasteiger charge is 2.14. The number of carbonyl (C=O) groups excluding carboxylic acids is 1. The van der Waals surface area contributed by atoms with E-state index in [2.05, 4.69) is 15.9 Å². The van der Waals surface area contributed by atoms with E-state index in [-0.39, 0.29) is 5.78 Å². The summed E-state index contributed by atoms with van der Waals surface area (Å²) in [4.78, 5) is 12.3. The summed E-state index contributed by atoms with van der Waals surface area (Å²) in [5, 5.41) is 1.96. The van der Waals surface area contributed by atoms with Gasteiger partial charge < -0.3 is 0 Å². The molecule has 0 spiro atoms. The van der Waals surface area contributed by atoms with E-state index < -0.39 is 0 Å². The first-order chi connectivity index (χ1) is 7.20. The van der Waals surface area contributed by atoms with Crippen molar-refractivity contribution in [3.05, 3.63) is 45.1 Å². The van der Waals surface area contributed by atoms with Gasteiger partial charge in [-0.25, -0.2) is 0 Å². The molecule has 0 aliphatic heterocycles. The molecule has 0 fully saturated rings. The number of rotatable bonds is 2. The van der Waals surface area contributed by atoms with Gasteiger partial charge in [-0.3, -0.25) is 4.79 Å². The molecule has 0 saturated carbocycles. The lowest BCUT2D eigenvalue weighted by Gasteiger charge is -2.01. The number of carbonyl (C=O) groups is 1. The quantitative estimate of drug-likeness (QED) is 0.746. The van der Waals surface area contributed by atoms with E-state index in [0.29, 0.717) is 0 Å². The molecular weight excluding hydrogens is 272 g/mol. The molecule has 1 heterocycles. The summed E-state index contributed by atoms with van der Waals surface area (Å²) < 4.78 is 0.990. The maximum absolute atomic E-state index is 11.4. The summed E-state index contributed by atoms with van der Waals surface area (Å²) in [6.07, 6.45) is 0. The van der Waals surface area contributed by atoms with E-state index in [4.69, 9.17) is 0 Å². The molecule has 0 atom stereocenters. The van der Waals surface area contributed by atoms with Crippen molar-refractivity contribution in [1.29, 1.82) is 0 Å². The highest BCUT2D eigenvalue weighted by molar-refractivity contribution is 9.10. The smallest absolute Gasteiger partial charge is 0.170 e. The maximum atomic E-state index is 11.4. The van der Waals surface area contributed by atoms with Crippen LogP contribution in [0.15, 0.2) is 40.2 Å². The van der Waals surface area contributed by atoms with Crippen molar-refractivity contribution < 1.29 is 4.79 Å². The molecule has 0 N–H and O–H groups in total. The molecule has 1 aromatic heterocycles. The highest BCUT2D eigenvalue weighted by atomic mass is 79.9. The molecule has 0 unspecified atom stereocenters. The first-order valence-corrected chi connectivity index (χ1v) is 6.20. The summed E-state index contributed by atoms with van der Waals surface area (Å²) in [6.45, 7) is 1.60. The summed E-state index contributed by atoms with van der Waals surface area (Å²) in [5.41, 5.74) is 2.09. The number of hydrogen-bond donors (Lipinski definition) is 0. The Kier molecular flexibility index (Phi) is 3.03. The number of benzene rings is 1. The molecule has 0 radical (unpaired) electrons. The molecule has 2 rings (SSSR count). The number of Topliss-reactive ketones (excluding diaryl/α,β-unsaturated/α-hetero) is 1. The second-order valence-corrected chi connectivity index (χ2v) is 4.94. The van der Waals surface area contributed by atoms with Gasteiger partial charge in [0, 0.05) is 15.4 Å². The van der Waals surface area contributed by atoms with Gasteiger partial charge in [-0.05, 0) is 28.4 Å². The standard InChI is InChI=1S/C12H9BrOS/c1-8(14)12-11(10(13)7-15-12)9-5-3-2-4-6-9/h2-7H,1H3. The molecule has 0 saturated heterocycles. The zero-order valence-corrected chi connectivity index (χ0v) is 10.6. The molecule has 0 amide bonds. The van der Waals surface area contributed by atoms with Crippen LogP contribution in [-0.4, -0.2) is 5.78 Å². The minimum atomic E-state index is 0.115. The van der Waals surface area contributed by atoms with Gasteiger partial charge >= 0.3 is 0 Å². The van der Waals surface area contributed by atoms with Crippen LogP contribution in [0.1, 0.15) is 16.6 Å². The van der Waals surface area contributed by atoms with Gasteiger partial charge in [0.05, 0.1) is 4.88 Å². The highest BCUT2D eigenvalue weighted by Crippen LogP contribution is 2.36. The first-order valence-electron chi connectivity index (χ1n) is 4.53. The monoisotopic (exact) mass is 280 g/mol. The Hall–Kier alpha value is -0.930. The van der Waals surface area contributed by atoms with Gasteiger partial charge in [-0.1, -0.05) is 30.3 Å². The second kappa shape index (κ2) is 4.29. The zero-order chi connectivity index (χ0) is 10.8. The van der Waals surface area contributed by atoms with Crippen molar-refractivity contribution in [2.24, 2.45) is 0 Å². The molecule has 3 heteroatoms. The van der Waals surface area contributed by atoms with Crippen LogP contribution in [0.4, 0.5) is 0 Å². The molecule has 0 bridgehead atoms. The SMILES string of the molecule is CC(=O)c1scc(Br)c1-c1ccccc1. The Labute approximate surface area is 101 Å². The molecule has 76 valence electrons. The van der Waals surface area contributed by atoms with Gasteiger partial charge in [-0.15, -0.1) is 11.3 Å². The lowest BCUT2D eigenvalue weighted by atomic mass is 10.1. The fraction of sp³-hybridized carbons (Fsp3) is 0.0833. The zero-order valence-electron chi connectivity index (χ0n) is 8.16. The lowest BCUT2D eigenvalue weighted by molar-refractivity contribution is 0.102. The number of hydrogen-bond acceptors (Lipinski definition) is 2. The van der Waals surface area contributed by atoms with Gasteiger partial charge in [-0.2, -0.15) is 0 Å². The van der Waals surface area contributed by atoms with Crippen LogP contribution < -0.4 is 0 Å². The minimum absolute atomic E-state index is 0.115. The summed E-state index contributed by atoms with van der Waals surface area (Å²) >= 11 is 4.96. The Morgan fingerprint density at radius 1 is 1.27 bits per heavy atom. The van der Waals surface area contributed by atoms with E-state index in [1.165, 1.54) is 11.3 Å². The van der Waals surface area contributed by atoms with Gasteiger partial charge in [0.1, 0.15) is 0 Å². The third-order valence-corrected chi connectivity index (χ3v) is 4.14. The van der Waals surface area contributed by atoms with E-state index in [9.17, 15) is 4.79 Å². The van der Waals surface area contributed by atoms with Crippen LogP contribution in [0.25, 0.3) is 11.1 Å². The molecular formula is C12H9BrOS. The molecule has 15 heavy (non-hydrogen) atoms. The molecule has 0 aliphatic carbocycles. The Morgan fingerprint density at radius 2 is 1.93 bits per heavy atom. The molecule has 2 aromatic rings. The largest absolute Gasteiger partial charge is 0.294 e. The van der Waals surface area contributed by atoms with E-state index in [1.54, 1.807) is 6.92 Å². The Morgan fingerprint density at radius 3 is 2.53 bits per heavy atom. The average molecular weight is 281 g/mol. The fourth-order valence-electron chi connectivity index (χ4n) is 1.47. The second-order valence-electron chi connectivity index (χ2n) is 3.21. The number of halogens is 1. The normalized spacial score (nSPS) is 10.3. The van der Waals surface area contributed by atoms with Crippen molar-refractivity contribution in [3.63, 3.8) is 0 Å². The number of ketones is 1. The van der Waals surface area contributed by atoms with Crippen LogP contribution in [0.5, 0.6) is 0 Å². The number of thiophene rings is 1. The molecule has 1 aromatic carbocycles. The summed E-state index contributed by atoms with van der Waals surface area (Å²) in [5.74, 6) is 0.115. The predicted molar refractivity (Wildman–Crippen MR) is 67.5 cm³/mol.